The number of esters is 1. The molecule has 40 heavy (non-hydrogen) atoms. The molecule has 0 atom stereocenters. The molecule has 2 aromatic heterocycles. The highest BCUT2D eigenvalue weighted by molar-refractivity contribution is 8.00. The molecule has 2 N–H and O–H groups in total. The second kappa shape index (κ2) is 12.0. The number of carbonyl (C=O) groups excluding carboxylic acids is 2. The summed E-state index contributed by atoms with van der Waals surface area (Å²) in [6.07, 6.45) is 7.58. The van der Waals surface area contributed by atoms with Crippen molar-refractivity contribution < 1.29 is 23.1 Å². The average molecular weight is 572 g/mol. The molecule has 3 heterocycles. The SMILES string of the molecule is CCOC(=O)c1cn(C)c2c(F)cc(F)c(CC[C@H]3CC[C@H](NCc4cnc5c(n4)NC(=O)CS5)CC3)c2c1=O. The molecule has 1 saturated carbocycles. The van der Waals surface area contributed by atoms with Gasteiger partial charge in [-0.3, -0.25) is 9.59 Å². The number of aromatic nitrogens is 3. The summed E-state index contributed by atoms with van der Waals surface area (Å²) in [4.78, 5) is 46.1. The second-order valence-electron chi connectivity index (χ2n) is 10.2. The third-order valence-electron chi connectivity index (χ3n) is 7.56. The topological polar surface area (TPSA) is 115 Å². The first-order valence-corrected chi connectivity index (χ1v) is 14.4. The summed E-state index contributed by atoms with van der Waals surface area (Å²) in [6.45, 7) is 2.25. The van der Waals surface area contributed by atoms with Crippen LogP contribution in [-0.2, 0) is 29.5 Å². The number of benzene rings is 1. The fourth-order valence-electron chi connectivity index (χ4n) is 5.53. The maximum Gasteiger partial charge on any atom is 0.343 e. The van der Waals surface area contributed by atoms with Crippen molar-refractivity contribution in [2.75, 3.05) is 17.7 Å². The highest BCUT2D eigenvalue weighted by Gasteiger charge is 2.25. The van der Waals surface area contributed by atoms with Gasteiger partial charge in [0.15, 0.2) is 11.6 Å². The highest BCUT2D eigenvalue weighted by Crippen LogP contribution is 2.31. The summed E-state index contributed by atoms with van der Waals surface area (Å²) >= 11 is 1.37. The van der Waals surface area contributed by atoms with Crippen molar-refractivity contribution in [3.8, 4) is 0 Å². The van der Waals surface area contributed by atoms with E-state index in [0.29, 0.717) is 36.5 Å². The van der Waals surface area contributed by atoms with Crippen LogP contribution in [0.15, 0.2) is 28.3 Å². The van der Waals surface area contributed by atoms with Crippen LogP contribution in [0.5, 0.6) is 0 Å². The zero-order valence-corrected chi connectivity index (χ0v) is 23.2. The van der Waals surface area contributed by atoms with Gasteiger partial charge in [0.25, 0.3) is 0 Å². The lowest BCUT2D eigenvalue weighted by Crippen LogP contribution is -2.33. The van der Waals surface area contributed by atoms with E-state index in [4.69, 9.17) is 4.74 Å². The molecule has 0 saturated heterocycles. The number of pyridine rings is 1. The molecule has 212 valence electrons. The van der Waals surface area contributed by atoms with E-state index in [1.807, 2.05) is 0 Å². The highest BCUT2D eigenvalue weighted by atomic mass is 32.2. The molecule has 1 fully saturated rings. The number of halogens is 2. The van der Waals surface area contributed by atoms with E-state index in [-0.39, 0.29) is 41.0 Å². The van der Waals surface area contributed by atoms with Crippen LogP contribution in [0, 0.1) is 17.6 Å². The van der Waals surface area contributed by atoms with Crippen molar-refractivity contribution in [2.45, 2.75) is 63.1 Å². The van der Waals surface area contributed by atoms with E-state index in [1.54, 1.807) is 13.1 Å². The Kier molecular flexibility index (Phi) is 8.46. The average Bonchev–Trinajstić information content (AvgIpc) is 2.93. The van der Waals surface area contributed by atoms with Crippen molar-refractivity contribution >= 4 is 40.4 Å². The molecule has 0 radical (unpaired) electrons. The van der Waals surface area contributed by atoms with Crippen LogP contribution in [0.1, 0.15) is 60.6 Å². The van der Waals surface area contributed by atoms with Gasteiger partial charge in [0.05, 0.1) is 35.2 Å². The first kappa shape index (κ1) is 28.2. The smallest absolute Gasteiger partial charge is 0.343 e. The number of rotatable bonds is 8. The van der Waals surface area contributed by atoms with Gasteiger partial charge in [-0.15, -0.1) is 0 Å². The summed E-state index contributed by atoms with van der Waals surface area (Å²) in [7, 11) is 1.52. The lowest BCUT2D eigenvalue weighted by molar-refractivity contribution is -0.113. The second-order valence-corrected chi connectivity index (χ2v) is 11.2. The van der Waals surface area contributed by atoms with Gasteiger partial charge in [-0.2, -0.15) is 0 Å². The standard InChI is InChI=1S/C28H31F2N5O4S/c1-3-39-28(38)19-13-35(2)24-21(30)10-20(29)18(23(24)25(19)37)9-6-15-4-7-16(8-5-15)31-11-17-12-32-27-26(33-17)34-22(36)14-40-27/h10,12-13,15-16,31H,3-9,11,14H2,1-2H3,(H,33,34,36)/t15-,16-. The Hall–Kier alpha value is -3.38. The Morgan fingerprint density at radius 3 is 2.75 bits per heavy atom. The Labute approximate surface area is 234 Å². The van der Waals surface area contributed by atoms with Gasteiger partial charge < -0.3 is 19.9 Å². The lowest BCUT2D eigenvalue weighted by atomic mass is 9.82. The zero-order chi connectivity index (χ0) is 28.4. The predicted octanol–water partition coefficient (Wildman–Crippen LogP) is 4.11. The molecule has 12 heteroatoms. The maximum absolute atomic E-state index is 15.0. The molecule has 3 aromatic rings. The van der Waals surface area contributed by atoms with Gasteiger partial charge in [-0.25, -0.2) is 23.5 Å². The van der Waals surface area contributed by atoms with Gasteiger partial charge in [0, 0.05) is 37.5 Å². The number of aryl methyl sites for hydroxylation is 2. The fraction of sp³-hybridized carbons (Fsp3) is 0.464. The van der Waals surface area contributed by atoms with Crippen molar-refractivity contribution in [1.29, 1.82) is 0 Å². The third kappa shape index (κ3) is 5.87. The summed E-state index contributed by atoms with van der Waals surface area (Å²) in [5.41, 5.74) is -0.0766. The lowest BCUT2D eigenvalue weighted by Gasteiger charge is -2.29. The zero-order valence-electron chi connectivity index (χ0n) is 22.4. The minimum Gasteiger partial charge on any atom is -0.462 e. The molecule has 1 aliphatic carbocycles. The number of thioether (sulfide) groups is 1. The molecule has 0 spiro atoms. The van der Waals surface area contributed by atoms with Gasteiger partial charge in [-0.05, 0) is 51.4 Å². The van der Waals surface area contributed by atoms with Crippen LogP contribution in [0.3, 0.4) is 0 Å². The number of fused-ring (bicyclic) bond motifs is 2. The molecular weight excluding hydrogens is 540 g/mol. The van der Waals surface area contributed by atoms with Crippen molar-refractivity contribution in [3.05, 3.63) is 57.1 Å². The Balaban J connectivity index is 1.22. The van der Waals surface area contributed by atoms with E-state index < -0.39 is 23.0 Å². The summed E-state index contributed by atoms with van der Waals surface area (Å²) in [5.74, 6) is -1.33. The minimum atomic E-state index is -0.845. The maximum atomic E-state index is 15.0. The number of anilines is 1. The predicted molar refractivity (Wildman–Crippen MR) is 147 cm³/mol. The van der Waals surface area contributed by atoms with Gasteiger partial charge in [0.2, 0.25) is 11.3 Å². The Morgan fingerprint density at radius 1 is 1.23 bits per heavy atom. The van der Waals surface area contributed by atoms with Crippen LogP contribution < -0.4 is 16.1 Å². The van der Waals surface area contributed by atoms with Crippen molar-refractivity contribution in [2.24, 2.45) is 13.0 Å². The van der Waals surface area contributed by atoms with E-state index in [9.17, 15) is 18.8 Å². The number of carbonyl (C=O) groups is 2. The van der Waals surface area contributed by atoms with Crippen LogP contribution in [0.25, 0.3) is 10.9 Å². The molecule has 0 bridgehead atoms. The molecule has 1 amide bonds. The number of nitrogens with zero attached hydrogens (tertiary/aromatic N) is 3. The fourth-order valence-corrected chi connectivity index (χ4v) is 6.23. The Morgan fingerprint density at radius 2 is 2.00 bits per heavy atom. The molecule has 2 aliphatic rings. The number of ether oxygens (including phenoxy) is 1. The summed E-state index contributed by atoms with van der Waals surface area (Å²) < 4.78 is 36.1. The molecule has 1 aromatic carbocycles. The quantitative estimate of drug-likeness (QED) is 0.389. The number of nitrogens with one attached hydrogen (secondary N) is 2. The molecule has 5 rings (SSSR count). The van der Waals surface area contributed by atoms with Crippen LogP contribution >= 0.6 is 11.8 Å². The van der Waals surface area contributed by atoms with Crippen molar-refractivity contribution in [3.63, 3.8) is 0 Å². The number of hydrogen-bond acceptors (Lipinski definition) is 8. The first-order chi connectivity index (χ1) is 19.2. The monoisotopic (exact) mass is 571 g/mol. The van der Waals surface area contributed by atoms with E-state index in [1.165, 1.54) is 29.6 Å². The largest absolute Gasteiger partial charge is 0.462 e. The normalized spacial score (nSPS) is 18.9. The van der Waals surface area contributed by atoms with E-state index in [0.717, 1.165) is 42.5 Å². The third-order valence-corrected chi connectivity index (χ3v) is 8.54. The molecule has 1 aliphatic heterocycles. The molecule has 9 nitrogen and oxygen atoms in total. The summed E-state index contributed by atoms with van der Waals surface area (Å²) in [5, 5.41) is 6.91. The molecule has 0 unspecified atom stereocenters. The summed E-state index contributed by atoms with van der Waals surface area (Å²) in [6, 6.07) is 1.11. The number of amides is 1. The first-order valence-electron chi connectivity index (χ1n) is 13.4. The van der Waals surface area contributed by atoms with Gasteiger partial charge >= 0.3 is 5.97 Å². The van der Waals surface area contributed by atoms with Crippen LogP contribution in [0.4, 0.5) is 14.6 Å². The van der Waals surface area contributed by atoms with Crippen molar-refractivity contribution in [1.82, 2.24) is 19.9 Å². The van der Waals surface area contributed by atoms with E-state index in [2.05, 4.69) is 20.6 Å². The minimum absolute atomic E-state index is 0.0224. The van der Waals surface area contributed by atoms with Gasteiger partial charge in [0.1, 0.15) is 16.4 Å². The van der Waals surface area contributed by atoms with Crippen LogP contribution in [-0.4, -0.2) is 44.8 Å². The van der Waals surface area contributed by atoms with Crippen LogP contribution in [0.2, 0.25) is 0 Å². The number of hydrogen-bond donors (Lipinski definition) is 2. The molecular formula is C28H31F2N5O4S. The van der Waals surface area contributed by atoms with E-state index >= 15 is 4.39 Å². The Bertz CT molecular complexity index is 1520. The van der Waals surface area contributed by atoms with Gasteiger partial charge in [-0.1, -0.05) is 11.8 Å².